The number of halogens is 7. The number of hydrogen-bond acceptors (Lipinski definition) is 2. The zero-order chi connectivity index (χ0) is 19.3. The number of hydrogen-bond donors (Lipinski definition) is 1. The molecule has 3 nitrogen and oxygen atoms in total. The van der Waals surface area contributed by atoms with Gasteiger partial charge >= 0.3 is 12.4 Å². The van der Waals surface area contributed by atoms with Gasteiger partial charge in [-0.25, -0.2) is 4.98 Å². The Balaban J connectivity index is 2.36. The SMILES string of the molecule is O=c1[nH]c(-c2c(Cl)cc(C(F)(F)F)cc2C(F)(F)F)nc2ccccc12. The van der Waals surface area contributed by atoms with Crippen molar-refractivity contribution in [2.24, 2.45) is 0 Å². The number of rotatable bonds is 1. The molecule has 2 aromatic carbocycles. The van der Waals surface area contributed by atoms with Crippen LogP contribution in [0, 0.1) is 0 Å². The molecule has 0 aliphatic carbocycles. The zero-order valence-electron chi connectivity index (χ0n) is 12.5. The van der Waals surface area contributed by atoms with Gasteiger partial charge in [-0.1, -0.05) is 23.7 Å². The fourth-order valence-electron chi connectivity index (χ4n) is 2.44. The number of alkyl halides is 6. The molecule has 3 rings (SSSR count). The highest BCUT2D eigenvalue weighted by Crippen LogP contribution is 2.43. The fourth-order valence-corrected chi connectivity index (χ4v) is 2.75. The molecule has 10 heteroatoms. The first-order chi connectivity index (χ1) is 12.0. The molecule has 0 atom stereocenters. The molecule has 1 aromatic heterocycles. The minimum Gasteiger partial charge on any atom is -0.306 e. The van der Waals surface area contributed by atoms with Crippen molar-refractivity contribution in [2.75, 3.05) is 0 Å². The molecule has 3 aromatic rings. The number of para-hydroxylation sites is 1. The number of aromatic amines is 1. The molecule has 0 spiro atoms. The van der Waals surface area contributed by atoms with Gasteiger partial charge in [-0.3, -0.25) is 4.79 Å². The molecule has 136 valence electrons. The maximum absolute atomic E-state index is 13.4. The Morgan fingerprint density at radius 3 is 2.23 bits per heavy atom. The van der Waals surface area contributed by atoms with Crippen molar-refractivity contribution in [3.63, 3.8) is 0 Å². The summed E-state index contributed by atoms with van der Waals surface area (Å²) in [5, 5.41) is -0.710. The van der Waals surface area contributed by atoms with Crippen LogP contribution in [0.2, 0.25) is 5.02 Å². The molecule has 0 bridgehead atoms. The average molecular weight is 393 g/mol. The summed E-state index contributed by atoms with van der Waals surface area (Å²) in [6, 6.07) is 6.14. The number of nitrogens with zero attached hydrogens (tertiary/aromatic N) is 1. The van der Waals surface area contributed by atoms with Crippen molar-refractivity contribution in [1.29, 1.82) is 0 Å². The van der Waals surface area contributed by atoms with Crippen LogP contribution in [0.5, 0.6) is 0 Å². The van der Waals surface area contributed by atoms with Crippen molar-refractivity contribution in [1.82, 2.24) is 9.97 Å². The molecular weight excluding hydrogens is 386 g/mol. The van der Waals surface area contributed by atoms with Crippen molar-refractivity contribution in [3.8, 4) is 11.4 Å². The van der Waals surface area contributed by atoms with E-state index in [1.807, 2.05) is 0 Å². The summed E-state index contributed by atoms with van der Waals surface area (Å²) in [4.78, 5) is 18.1. The number of fused-ring (bicyclic) bond motifs is 1. The molecule has 0 amide bonds. The minimum absolute atomic E-state index is 0.0591. The fraction of sp³-hybridized carbons (Fsp3) is 0.125. The van der Waals surface area contributed by atoms with E-state index >= 15 is 0 Å². The van der Waals surface area contributed by atoms with Gasteiger partial charge in [0.1, 0.15) is 5.82 Å². The summed E-state index contributed by atoms with van der Waals surface area (Å²) in [7, 11) is 0. The topological polar surface area (TPSA) is 45.8 Å². The highest BCUT2D eigenvalue weighted by molar-refractivity contribution is 6.33. The van der Waals surface area contributed by atoms with Crippen LogP contribution in [0.3, 0.4) is 0 Å². The number of nitrogens with one attached hydrogen (secondary N) is 1. The molecule has 1 heterocycles. The predicted octanol–water partition coefficient (Wildman–Crippen LogP) is 5.28. The molecule has 0 fully saturated rings. The van der Waals surface area contributed by atoms with E-state index in [9.17, 15) is 31.1 Å². The van der Waals surface area contributed by atoms with Crippen LogP contribution in [0.1, 0.15) is 11.1 Å². The minimum atomic E-state index is -5.15. The second kappa shape index (κ2) is 6.01. The number of H-pyrrole nitrogens is 1. The van der Waals surface area contributed by atoms with E-state index in [2.05, 4.69) is 9.97 Å². The lowest BCUT2D eigenvalue weighted by Gasteiger charge is -2.17. The highest BCUT2D eigenvalue weighted by Gasteiger charge is 2.40. The Kier molecular flexibility index (Phi) is 4.22. The van der Waals surface area contributed by atoms with E-state index in [0.717, 1.165) is 0 Å². The molecule has 0 radical (unpaired) electrons. The lowest BCUT2D eigenvalue weighted by Crippen LogP contribution is -2.15. The molecule has 0 aliphatic rings. The van der Waals surface area contributed by atoms with E-state index in [0.29, 0.717) is 6.07 Å². The Bertz CT molecular complexity index is 1060. The van der Waals surface area contributed by atoms with Gasteiger partial charge in [-0.2, -0.15) is 26.3 Å². The standard InChI is InChI=1S/C16H7ClF6N2O/c17-10-6-7(15(18,19)20)5-9(16(21,22)23)12(10)13-24-11-4-2-1-3-8(11)14(26)25-13/h1-6H,(H,24,25,26). The predicted molar refractivity (Wildman–Crippen MR) is 82.8 cm³/mol. The van der Waals surface area contributed by atoms with Gasteiger partial charge in [0.2, 0.25) is 0 Å². The third kappa shape index (κ3) is 3.26. The second-order valence-electron chi connectivity index (χ2n) is 5.31. The van der Waals surface area contributed by atoms with E-state index in [4.69, 9.17) is 11.6 Å². The van der Waals surface area contributed by atoms with Gasteiger partial charge < -0.3 is 4.98 Å². The van der Waals surface area contributed by atoms with Crippen LogP contribution in [-0.2, 0) is 12.4 Å². The molecule has 26 heavy (non-hydrogen) atoms. The third-order valence-corrected chi connectivity index (χ3v) is 3.87. The first kappa shape index (κ1) is 18.2. The quantitative estimate of drug-likeness (QED) is 0.573. The molecule has 1 N–H and O–H groups in total. The zero-order valence-corrected chi connectivity index (χ0v) is 13.2. The number of aromatic nitrogens is 2. The maximum atomic E-state index is 13.4. The van der Waals surface area contributed by atoms with E-state index < -0.39 is 45.4 Å². The monoisotopic (exact) mass is 392 g/mol. The van der Waals surface area contributed by atoms with Gasteiger partial charge in [0, 0.05) is 5.56 Å². The van der Waals surface area contributed by atoms with E-state index in [1.54, 1.807) is 0 Å². The Labute approximate surface area is 146 Å². The van der Waals surface area contributed by atoms with E-state index in [-0.39, 0.29) is 17.0 Å². The summed E-state index contributed by atoms with van der Waals surface area (Å²) < 4.78 is 78.6. The first-order valence-electron chi connectivity index (χ1n) is 6.96. The lowest BCUT2D eigenvalue weighted by atomic mass is 10.0. The highest BCUT2D eigenvalue weighted by atomic mass is 35.5. The van der Waals surface area contributed by atoms with Crippen molar-refractivity contribution in [2.45, 2.75) is 12.4 Å². The maximum Gasteiger partial charge on any atom is 0.417 e. The van der Waals surface area contributed by atoms with Gasteiger partial charge in [0.15, 0.2) is 0 Å². The van der Waals surface area contributed by atoms with Gasteiger partial charge in [0.25, 0.3) is 5.56 Å². The molecular formula is C16H7ClF6N2O. The molecule has 0 aliphatic heterocycles. The average Bonchev–Trinajstić information content (AvgIpc) is 2.52. The Morgan fingerprint density at radius 2 is 1.62 bits per heavy atom. The summed E-state index contributed by atoms with van der Waals surface area (Å²) >= 11 is 5.72. The second-order valence-corrected chi connectivity index (χ2v) is 5.72. The normalized spacial score (nSPS) is 12.6. The van der Waals surface area contributed by atoms with Gasteiger partial charge in [0.05, 0.1) is 27.1 Å². The third-order valence-electron chi connectivity index (χ3n) is 3.57. The van der Waals surface area contributed by atoms with Crippen LogP contribution in [-0.4, -0.2) is 9.97 Å². The summed E-state index contributed by atoms with van der Waals surface area (Å²) in [6.07, 6.45) is -10.2. The van der Waals surface area contributed by atoms with Crippen LogP contribution in [0.15, 0.2) is 41.2 Å². The Morgan fingerprint density at radius 1 is 0.962 bits per heavy atom. The lowest BCUT2D eigenvalue weighted by molar-refractivity contribution is -0.142. The van der Waals surface area contributed by atoms with Gasteiger partial charge in [-0.05, 0) is 24.3 Å². The Hall–Kier alpha value is -2.55. The van der Waals surface area contributed by atoms with E-state index in [1.165, 1.54) is 24.3 Å². The summed E-state index contributed by atoms with van der Waals surface area (Å²) in [6.45, 7) is 0. The van der Waals surface area contributed by atoms with Crippen molar-refractivity contribution >= 4 is 22.5 Å². The van der Waals surface area contributed by atoms with Crippen molar-refractivity contribution < 1.29 is 26.3 Å². The number of benzene rings is 2. The summed E-state index contributed by atoms with van der Waals surface area (Å²) in [5.41, 5.74) is -4.68. The molecule has 0 saturated carbocycles. The summed E-state index contributed by atoms with van der Waals surface area (Å²) in [5.74, 6) is -0.570. The molecule has 0 saturated heterocycles. The first-order valence-corrected chi connectivity index (χ1v) is 7.33. The van der Waals surface area contributed by atoms with Crippen LogP contribution in [0.25, 0.3) is 22.3 Å². The van der Waals surface area contributed by atoms with Crippen LogP contribution in [0.4, 0.5) is 26.3 Å². The smallest absolute Gasteiger partial charge is 0.306 e. The molecule has 0 unspecified atom stereocenters. The largest absolute Gasteiger partial charge is 0.417 e. The van der Waals surface area contributed by atoms with Crippen molar-refractivity contribution in [3.05, 3.63) is 62.9 Å². The van der Waals surface area contributed by atoms with Crippen LogP contribution >= 0.6 is 11.6 Å². The van der Waals surface area contributed by atoms with Gasteiger partial charge in [-0.15, -0.1) is 0 Å². The van der Waals surface area contributed by atoms with Crippen LogP contribution < -0.4 is 5.56 Å².